The lowest BCUT2D eigenvalue weighted by Gasteiger charge is -2.28. The molecule has 1 aliphatic carbocycles. The fraction of sp³-hybridized carbons (Fsp3) is 0.320. The van der Waals surface area contributed by atoms with Gasteiger partial charge in [-0.3, -0.25) is 14.5 Å². The number of nitrogens with zero attached hydrogens (tertiary/aromatic N) is 4. The molecule has 0 aliphatic heterocycles. The fourth-order valence-corrected chi connectivity index (χ4v) is 4.68. The number of aromatic nitrogens is 4. The molecule has 3 aromatic heterocycles. The number of carbonyl (C=O) groups excluding carboxylic acids is 1. The molecule has 0 spiro atoms. The third-order valence-electron chi connectivity index (χ3n) is 6.55. The first-order valence-electron chi connectivity index (χ1n) is 11.5. The van der Waals surface area contributed by atoms with Gasteiger partial charge in [0.25, 0.3) is 5.91 Å². The predicted molar refractivity (Wildman–Crippen MR) is 123 cm³/mol. The Bertz CT molecular complexity index is 1450. The van der Waals surface area contributed by atoms with Gasteiger partial charge in [0.2, 0.25) is 0 Å². The van der Waals surface area contributed by atoms with Crippen LogP contribution in [-0.2, 0) is 13.6 Å². The minimum absolute atomic E-state index is 0.0857. The number of aliphatic hydroxyl groups excluding tert-OH is 1. The number of carbonyl (C=O) groups is 1. The van der Waals surface area contributed by atoms with Crippen molar-refractivity contribution in [2.75, 3.05) is 0 Å². The van der Waals surface area contributed by atoms with Gasteiger partial charge in [0.05, 0.1) is 40.5 Å². The maximum absolute atomic E-state index is 14.9. The van der Waals surface area contributed by atoms with Crippen LogP contribution < -0.4 is 5.32 Å². The van der Waals surface area contributed by atoms with Crippen LogP contribution in [0.2, 0.25) is 0 Å². The number of benzene rings is 1. The number of aliphatic hydroxyl groups is 1. The van der Waals surface area contributed by atoms with Crippen LogP contribution >= 0.6 is 0 Å². The van der Waals surface area contributed by atoms with Crippen molar-refractivity contribution in [2.45, 2.75) is 44.4 Å². The summed E-state index contributed by atoms with van der Waals surface area (Å²) >= 11 is 0. The molecule has 36 heavy (non-hydrogen) atoms. The molecule has 1 saturated carbocycles. The van der Waals surface area contributed by atoms with E-state index >= 15 is 0 Å². The van der Waals surface area contributed by atoms with Crippen molar-refractivity contribution >= 4 is 16.8 Å². The van der Waals surface area contributed by atoms with Crippen LogP contribution in [0.1, 0.15) is 41.6 Å². The summed E-state index contributed by atoms with van der Waals surface area (Å²) < 4.78 is 60.8. The van der Waals surface area contributed by atoms with Crippen molar-refractivity contribution in [3.05, 3.63) is 71.3 Å². The second-order valence-corrected chi connectivity index (χ2v) is 9.04. The average Bonchev–Trinajstić information content (AvgIpc) is 3.47. The van der Waals surface area contributed by atoms with Crippen molar-refractivity contribution in [3.63, 3.8) is 0 Å². The SMILES string of the molecule is Cn1cc(-c2ccc(Cn3cc(C(=O)N[C@H]4CCCC[C@@H]4O)c4c(F)c(F)c(F)c(F)c43)cn2)cn1. The summed E-state index contributed by atoms with van der Waals surface area (Å²) in [6, 6.07) is 2.84. The van der Waals surface area contributed by atoms with Gasteiger partial charge in [-0.25, -0.2) is 17.6 Å². The number of hydrogen-bond acceptors (Lipinski definition) is 4. The predicted octanol–water partition coefficient (Wildman–Crippen LogP) is 4.07. The van der Waals surface area contributed by atoms with Crippen LogP contribution in [0.25, 0.3) is 22.2 Å². The summed E-state index contributed by atoms with van der Waals surface area (Å²) in [7, 11) is 1.77. The van der Waals surface area contributed by atoms with E-state index in [9.17, 15) is 27.5 Å². The summed E-state index contributed by atoms with van der Waals surface area (Å²) in [5.74, 6) is -8.01. The van der Waals surface area contributed by atoms with Crippen LogP contribution in [0, 0.1) is 23.3 Å². The molecule has 7 nitrogen and oxygen atoms in total. The molecule has 188 valence electrons. The maximum atomic E-state index is 14.9. The zero-order valence-electron chi connectivity index (χ0n) is 19.3. The van der Waals surface area contributed by atoms with E-state index < -0.39 is 52.2 Å². The largest absolute Gasteiger partial charge is 0.391 e. The molecule has 0 radical (unpaired) electrons. The topological polar surface area (TPSA) is 85.0 Å². The molecule has 4 aromatic rings. The fourth-order valence-electron chi connectivity index (χ4n) is 4.68. The molecule has 2 atom stereocenters. The van der Waals surface area contributed by atoms with E-state index in [1.54, 1.807) is 36.3 Å². The number of halogens is 4. The summed E-state index contributed by atoms with van der Waals surface area (Å²) in [6.07, 6.45) is 7.93. The number of aryl methyl sites for hydroxylation is 1. The quantitative estimate of drug-likeness (QED) is 0.245. The molecule has 0 unspecified atom stereocenters. The van der Waals surface area contributed by atoms with Crippen LogP contribution in [0.15, 0.2) is 36.9 Å². The van der Waals surface area contributed by atoms with Gasteiger partial charge < -0.3 is 15.0 Å². The lowest BCUT2D eigenvalue weighted by atomic mass is 9.92. The zero-order chi connectivity index (χ0) is 25.6. The first-order valence-corrected chi connectivity index (χ1v) is 11.5. The molecule has 11 heteroatoms. The van der Waals surface area contributed by atoms with Crippen molar-refractivity contribution in [1.29, 1.82) is 0 Å². The van der Waals surface area contributed by atoms with E-state index in [4.69, 9.17) is 0 Å². The Kier molecular flexibility index (Phi) is 6.25. The molecule has 0 bridgehead atoms. The van der Waals surface area contributed by atoms with Crippen LogP contribution in [0.4, 0.5) is 17.6 Å². The molecular formula is C25H23F4N5O2. The Balaban J connectivity index is 1.53. The van der Waals surface area contributed by atoms with Gasteiger partial charge in [0.15, 0.2) is 23.3 Å². The Morgan fingerprint density at radius 2 is 1.81 bits per heavy atom. The van der Waals surface area contributed by atoms with Gasteiger partial charge in [-0.1, -0.05) is 18.9 Å². The second kappa shape index (κ2) is 9.38. The van der Waals surface area contributed by atoms with Crippen molar-refractivity contribution in [3.8, 4) is 11.3 Å². The van der Waals surface area contributed by atoms with Gasteiger partial charge in [-0.15, -0.1) is 0 Å². The molecule has 1 amide bonds. The highest BCUT2D eigenvalue weighted by Crippen LogP contribution is 2.32. The Morgan fingerprint density at radius 1 is 1.06 bits per heavy atom. The first kappa shape index (κ1) is 24.0. The zero-order valence-corrected chi connectivity index (χ0v) is 19.3. The van der Waals surface area contributed by atoms with Gasteiger partial charge >= 0.3 is 0 Å². The average molecular weight is 501 g/mol. The highest BCUT2D eigenvalue weighted by atomic mass is 19.2. The van der Waals surface area contributed by atoms with Gasteiger partial charge in [0.1, 0.15) is 0 Å². The van der Waals surface area contributed by atoms with E-state index in [1.807, 2.05) is 0 Å². The number of fused-ring (bicyclic) bond motifs is 1. The van der Waals surface area contributed by atoms with Crippen LogP contribution in [-0.4, -0.2) is 42.5 Å². The number of pyridine rings is 1. The van der Waals surface area contributed by atoms with Crippen molar-refractivity contribution in [1.82, 2.24) is 24.6 Å². The van der Waals surface area contributed by atoms with Gasteiger partial charge in [0, 0.05) is 37.7 Å². The summed E-state index contributed by atoms with van der Waals surface area (Å²) in [4.78, 5) is 17.4. The molecular weight excluding hydrogens is 478 g/mol. The molecule has 1 fully saturated rings. The van der Waals surface area contributed by atoms with Crippen molar-refractivity contribution < 1.29 is 27.5 Å². The smallest absolute Gasteiger partial charge is 0.253 e. The normalized spacial score (nSPS) is 18.1. The van der Waals surface area contributed by atoms with Gasteiger partial charge in [-0.05, 0) is 24.5 Å². The summed E-state index contributed by atoms with van der Waals surface area (Å²) in [5, 5.41) is 16.3. The number of nitrogens with one attached hydrogen (secondary N) is 1. The van der Waals surface area contributed by atoms with Crippen molar-refractivity contribution in [2.24, 2.45) is 7.05 Å². The molecule has 2 N–H and O–H groups in total. The van der Waals surface area contributed by atoms with Gasteiger partial charge in [-0.2, -0.15) is 5.10 Å². The second-order valence-electron chi connectivity index (χ2n) is 9.04. The molecule has 3 heterocycles. The van der Waals surface area contributed by atoms with E-state index in [-0.39, 0.29) is 12.1 Å². The molecule has 0 saturated heterocycles. The number of hydrogen-bond donors (Lipinski definition) is 2. The Hall–Kier alpha value is -3.73. The third-order valence-corrected chi connectivity index (χ3v) is 6.55. The maximum Gasteiger partial charge on any atom is 0.253 e. The van der Waals surface area contributed by atoms with E-state index in [0.29, 0.717) is 24.1 Å². The third kappa shape index (κ3) is 4.23. The molecule has 1 aliphatic rings. The van der Waals surface area contributed by atoms with Crippen LogP contribution in [0.3, 0.4) is 0 Å². The molecule has 5 rings (SSSR count). The number of amides is 1. The minimum atomic E-state index is -1.99. The highest BCUT2D eigenvalue weighted by Gasteiger charge is 2.31. The molecule has 1 aromatic carbocycles. The first-order chi connectivity index (χ1) is 17.2. The Labute approximate surface area is 203 Å². The summed E-state index contributed by atoms with van der Waals surface area (Å²) in [5.41, 5.74) is 1.06. The van der Waals surface area contributed by atoms with E-state index in [0.717, 1.165) is 29.2 Å². The van der Waals surface area contributed by atoms with E-state index in [1.165, 1.54) is 6.20 Å². The number of rotatable bonds is 5. The Morgan fingerprint density at radius 3 is 2.47 bits per heavy atom. The standard InChI is InChI=1S/C25H23F4N5O2/c1-33-11-14(9-31-33)16-7-6-13(8-30-16)10-34-12-15(25(36)32-17-4-2-3-5-18(17)35)19-20(26)21(27)22(28)23(29)24(19)34/h6-9,11-12,17-18,35H,2-5,10H2,1H3,(H,32,36)/t17-,18-/m0/s1. The summed E-state index contributed by atoms with van der Waals surface area (Å²) in [6.45, 7) is -0.0857. The van der Waals surface area contributed by atoms with Crippen LogP contribution in [0.5, 0.6) is 0 Å². The highest BCUT2D eigenvalue weighted by molar-refractivity contribution is 6.07. The lowest BCUT2D eigenvalue weighted by molar-refractivity contribution is 0.0718. The lowest BCUT2D eigenvalue weighted by Crippen LogP contribution is -2.45. The monoisotopic (exact) mass is 501 g/mol. The van der Waals surface area contributed by atoms with E-state index in [2.05, 4.69) is 15.4 Å². The minimum Gasteiger partial charge on any atom is -0.391 e.